The molecule has 34 heavy (non-hydrogen) atoms. The number of likely N-dealkylation sites (N-methyl/N-ethyl adjacent to an activating group) is 1. The zero-order chi connectivity index (χ0) is 21.8. The van der Waals surface area contributed by atoms with Crippen molar-refractivity contribution in [3.05, 3.63) is 41.6 Å². The molecule has 1 aliphatic rings. The van der Waals surface area contributed by atoms with Crippen LogP contribution in [0, 0.1) is 6.92 Å². The predicted octanol–water partition coefficient (Wildman–Crippen LogP) is 4.34. The van der Waals surface area contributed by atoms with Gasteiger partial charge in [-0.05, 0) is 50.7 Å². The van der Waals surface area contributed by atoms with E-state index in [0.717, 1.165) is 71.9 Å². The van der Waals surface area contributed by atoms with Gasteiger partial charge in [0.05, 0.1) is 10.6 Å². The second-order valence-electron chi connectivity index (χ2n) is 8.06. The molecule has 11 heteroatoms. The standard InChI is InChI=1S/C23H30N6OS.3ClH/c1-16-15-26-23(25-8-5-9-29-12-10-28(3)11-13-29)27-21(16)20-14-18-17(22(30)24-2)6-4-7-19(18)31-20;;;/h4,6-7,14-15H,5,8-13H2,1-3H3,(H,24,30)(H,25,26,27);3*1H. The summed E-state index contributed by atoms with van der Waals surface area (Å²) < 4.78 is 1.08. The van der Waals surface area contributed by atoms with Crippen LogP contribution in [-0.4, -0.2) is 79.0 Å². The molecule has 1 saturated heterocycles. The molecule has 7 nitrogen and oxygen atoms in total. The van der Waals surface area contributed by atoms with Crippen LogP contribution in [0.1, 0.15) is 22.3 Å². The molecule has 1 amide bonds. The minimum atomic E-state index is -0.0722. The number of benzene rings is 1. The summed E-state index contributed by atoms with van der Waals surface area (Å²) in [6.45, 7) is 8.55. The number of hydrogen-bond donors (Lipinski definition) is 2. The second kappa shape index (κ2) is 14.0. The highest BCUT2D eigenvalue weighted by atomic mass is 35.5. The molecule has 4 rings (SSSR count). The van der Waals surface area contributed by atoms with Gasteiger partial charge in [-0.2, -0.15) is 0 Å². The molecule has 0 atom stereocenters. The first-order valence-electron chi connectivity index (χ1n) is 10.8. The van der Waals surface area contributed by atoms with Crippen molar-refractivity contribution in [3.8, 4) is 10.6 Å². The normalized spacial score (nSPS) is 14.0. The fourth-order valence-corrected chi connectivity index (χ4v) is 5.00. The number of carbonyl (C=O) groups excluding carboxylic acids is 1. The van der Waals surface area contributed by atoms with Crippen molar-refractivity contribution in [2.45, 2.75) is 13.3 Å². The lowest BCUT2D eigenvalue weighted by atomic mass is 10.1. The molecule has 0 aliphatic carbocycles. The van der Waals surface area contributed by atoms with E-state index in [9.17, 15) is 4.79 Å². The molecule has 0 saturated carbocycles. The summed E-state index contributed by atoms with van der Waals surface area (Å²) in [4.78, 5) is 27.4. The van der Waals surface area contributed by atoms with Crippen molar-refractivity contribution in [2.75, 3.05) is 58.7 Å². The first-order valence-corrected chi connectivity index (χ1v) is 11.6. The predicted molar refractivity (Wildman–Crippen MR) is 150 cm³/mol. The third-order valence-electron chi connectivity index (χ3n) is 5.77. The molecule has 3 aromatic rings. The number of hydrogen-bond acceptors (Lipinski definition) is 7. The maximum Gasteiger partial charge on any atom is 0.251 e. The Labute approximate surface area is 223 Å². The third kappa shape index (κ3) is 7.16. The number of anilines is 1. The van der Waals surface area contributed by atoms with Crippen molar-refractivity contribution >= 4 is 70.5 Å². The van der Waals surface area contributed by atoms with E-state index in [1.54, 1.807) is 18.4 Å². The Morgan fingerprint density at radius 3 is 2.59 bits per heavy atom. The van der Waals surface area contributed by atoms with Crippen LogP contribution < -0.4 is 10.6 Å². The molecule has 188 valence electrons. The number of thiophene rings is 1. The van der Waals surface area contributed by atoms with Crippen LogP contribution in [0.3, 0.4) is 0 Å². The summed E-state index contributed by atoms with van der Waals surface area (Å²) in [5, 5.41) is 7.07. The van der Waals surface area contributed by atoms with E-state index in [4.69, 9.17) is 4.98 Å². The molecule has 2 N–H and O–H groups in total. The molecule has 0 unspecified atom stereocenters. The second-order valence-corrected chi connectivity index (χ2v) is 9.14. The summed E-state index contributed by atoms with van der Waals surface area (Å²) in [6, 6.07) is 7.90. The summed E-state index contributed by atoms with van der Waals surface area (Å²) in [6.07, 6.45) is 2.93. The van der Waals surface area contributed by atoms with Crippen LogP contribution >= 0.6 is 48.6 Å². The molecule has 1 aromatic carbocycles. The van der Waals surface area contributed by atoms with Crippen molar-refractivity contribution in [1.82, 2.24) is 25.1 Å². The number of aryl methyl sites for hydroxylation is 1. The number of aromatic nitrogens is 2. The van der Waals surface area contributed by atoms with E-state index in [-0.39, 0.29) is 43.1 Å². The lowest BCUT2D eigenvalue weighted by Crippen LogP contribution is -2.44. The van der Waals surface area contributed by atoms with E-state index in [2.05, 4.69) is 38.5 Å². The average molecular weight is 548 g/mol. The van der Waals surface area contributed by atoms with Gasteiger partial charge in [0.1, 0.15) is 0 Å². The van der Waals surface area contributed by atoms with Gasteiger partial charge in [-0.3, -0.25) is 4.79 Å². The first-order chi connectivity index (χ1) is 15.0. The molecule has 0 bridgehead atoms. The Bertz CT molecular complexity index is 1070. The smallest absolute Gasteiger partial charge is 0.251 e. The van der Waals surface area contributed by atoms with Crippen LogP contribution in [0.25, 0.3) is 20.7 Å². The van der Waals surface area contributed by atoms with Crippen molar-refractivity contribution in [2.24, 2.45) is 0 Å². The topological polar surface area (TPSA) is 73.4 Å². The Hall–Kier alpha value is -1.68. The molecule has 1 fully saturated rings. The van der Waals surface area contributed by atoms with Crippen LogP contribution in [0.2, 0.25) is 0 Å². The molecule has 0 spiro atoms. The Morgan fingerprint density at radius 2 is 1.88 bits per heavy atom. The maximum absolute atomic E-state index is 12.2. The molecule has 2 aromatic heterocycles. The molecule has 0 radical (unpaired) electrons. The summed E-state index contributed by atoms with van der Waals surface area (Å²) >= 11 is 1.65. The van der Waals surface area contributed by atoms with Gasteiger partial charge in [-0.15, -0.1) is 48.6 Å². The number of fused-ring (bicyclic) bond motifs is 1. The SMILES string of the molecule is CNC(=O)c1cccc2sc(-c3nc(NCCCN4CCN(C)CC4)ncc3C)cc12.Cl.Cl.Cl. The fraction of sp³-hybridized carbons (Fsp3) is 0.435. The Morgan fingerprint density at radius 1 is 1.15 bits per heavy atom. The lowest BCUT2D eigenvalue weighted by molar-refractivity contribution is 0.0964. The number of nitrogens with zero attached hydrogens (tertiary/aromatic N) is 4. The molecule has 3 heterocycles. The van der Waals surface area contributed by atoms with Gasteiger partial charge in [0.15, 0.2) is 0 Å². The zero-order valence-electron chi connectivity index (χ0n) is 19.7. The number of nitrogens with one attached hydrogen (secondary N) is 2. The Kier molecular flexibility index (Phi) is 12.5. The summed E-state index contributed by atoms with van der Waals surface area (Å²) in [5.74, 6) is 0.583. The van der Waals surface area contributed by atoms with Gasteiger partial charge in [0, 0.05) is 61.6 Å². The lowest BCUT2D eigenvalue weighted by Gasteiger charge is -2.32. The summed E-state index contributed by atoms with van der Waals surface area (Å²) in [5.41, 5.74) is 2.63. The Balaban J connectivity index is 0.00000193. The highest BCUT2D eigenvalue weighted by Gasteiger charge is 2.15. The van der Waals surface area contributed by atoms with Crippen molar-refractivity contribution in [3.63, 3.8) is 0 Å². The monoisotopic (exact) mass is 546 g/mol. The molecular formula is C23H33Cl3N6OS. The van der Waals surface area contributed by atoms with E-state index in [1.807, 2.05) is 31.3 Å². The highest BCUT2D eigenvalue weighted by molar-refractivity contribution is 7.22. The number of amides is 1. The van der Waals surface area contributed by atoms with Crippen LogP contribution in [0.5, 0.6) is 0 Å². The van der Waals surface area contributed by atoms with E-state index in [0.29, 0.717) is 11.5 Å². The van der Waals surface area contributed by atoms with Crippen LogP contribution in [-0.2, 0) is 0 Å². The van der Waals surface area contributed by atoms with E-state index < -0.39 is 0 Å². The van der Waals surface area contributed by atoms with Gasteiger partial charge in [-0.25, -0.2) is 9.97 Å². The largest absolute Gasteiger partial charge is 0.355 e. The number of carbonyl (C=O) groups is 1. The van der Waals surface area contributed by atoms with Gasteiger partial charge in [0.25, 0.3) is 5.91 Å². The number of halogens is 3. The molecule has 1 aliphatic heterocycles. The summed E-state index contributed by atoms with van der Waals surface area (Å²) in [7, 11) is 3.84. The van der Waals surface area contributed by atoms with Crippen molar-refractivity contribution in [1.29, 1.82) is 0 Å². The van der Waals surface area contributed by atoms with Crippen LogP contribution in [0.4, 0.5) is 5.95 Å². The fourth-order valence-electron chi connectivity index (χ4n) is 3.86. The molecular weight excluding hydrogens is 515 g/mol. The quantitative estimate of drug-likeness (QED) is 0.429. The minimum absolute atomic E-state index is 0. The van der Waals surface area contributed by atoms with Crippen molar-refractivity contribution < 1.29 is 4.79 Å². The zero-order valence-corrected chi connectivity index (χ0v) is 22.9. The van der Waals surface area contributed by atoms with E-state index in [1.165, 1.54) is 0 Å². The first kappa shape index (κ1) is 30.4. The third-order valence-corrected chi connectivity index (χ3v) is 6.88. The van der Waals surface area contributed by atoms with Gasteiger partial charge >= 0.3 is 0 Å². The number of piperazine rings is 1. The maximum atomic E-state index is 12.2. The number of rotatable bonds is 7. The average Bonchev–Trinajstić information content (AvgIpc) is 3.22. The minimum Gasteiger partial charge on any atom is -0.355 e. The van der Waals surface area contributed by atoms with Gasteiger partial charge in [0.2, 0.25) is 5.95 Å². The van der Waals surface area contributed by atoms with Gasteiger partial charge in [-0.1, -0.05) is 6.07 Å². The van der Waals surface area contributed by atoms with Crippen LogP contribution in [0.15, 0.2) is 30.5 Å². The van der Waals surface area contributed by atoms with Gasteiger partial charge < -0.3 is 20.4 Å². The van der Waals surface area contributed by atoms with E-state index >= 15 is 0 Å². The highest BCUT2D eigenvalue weighted by Crippen LogP contribution is 2.35.